The van der Waals surface area contributed by atoms with Gasteiger partial charge >= 0.3 is 0 Å². The third-order valence-electron chi connectivity index (χ3n) is 7.25. The fraction of sp³-hybridized carbons (Fsp3) is 0.778. The quantitative estimate of drug-likeness (QED) is 0.317. The molecule has 2 fully saturated rings. The van der Waals surface area contributed by atoms with E-state index < -0.39 is 0 Å². The summed E-state index contributed by atoms with van der Waals surface area (Å²) >= 11 is 0. The van der Waals surface area contributed by atoms with Crippen LogP contribution >= 0.6 is 0 Å². The standard InChI is InChI=1S/C27H45S/c1-5-6-8-13-22-14-11-12-17-26(22)28(24-15-9-7-10-16-24)25-20-18-23(19-21-25)27(2,3)4/h18-22,24,26H,5-17H2,1-4H3/q+1. The fourth-order valence-corrected chi connectivity index (χ4v) is 9.17. The lowest BCUT2D eigenvalue weighted by molar-refractivity contribution is 0.335. The second-order valence-corrected chi connectivity index (χ2v) is 13.0. The van der Waals surface area contributed by atoms with Crippen LogP contribution in [0.4, 0.5) is 0 Å². The Hall–Kier alpha value is -0.430. The van der Waals surface area contributed by atoms with Crippen LogP contribution in [0, 0.1) is 5.92 Å². The van der Waals surface area contributed by atoms with Gasteiger partial charge in [0.05, 0.1) is 0 Å². The Morgan fingerprint density at radius 2 is 1.46 bits per heavy atom. The molecule has 0 amide bonds. The number of benzene rings is 1. The topological polar surface area (TPSA) is 0 Å². The Kier molecular flexibility index (Phi) is 8.39. The maximum atomic E-state index is 2.54. The zero-order chi connectivity index (χ0) is 20.0. The maximum Gasteiger partial charge on any atom is 0.155 e. The Balaban J connectivity index is 1.85. The fourth-order valence-electron chi connectivity index (χ4n) is 5.54. The van der Waals surface area contributed by atoms with E-state index in [1.54, 1.807) is 4.90 Å². The molecule has 0 heterocycles. The van der Waals surface area contributed by atoms with Crippen molar-refractivity contribution in [3.05, 3.63) is 29.8 Å². The Morgan fingerprint density at radius 1 is 0.821 bits per heavy atom. The highest BCUT2D eigenvalue weighted by Crippen LogP contribution is 2.42. The van der Waals surface area contributed by atoms with Crippen molar-refractivity contribution in [1.29, 1.82) is 0 Å². The van der Waals surface area contributed by atoms with Gasteiger partial charge in [-0.1, -0.05) is 71.9 Å². The first kappa shape index (κ1) is 22.3. The predicted octanol–water partition coefficient (Wildman–Crippen LogP) is 8.43. The minimum Gasteiger partial charge on any atom is -0.0654 e. The van der Waals surface area contributed by atoms with Crippen molar-refractivity contribution in [2.24, 2.45) is 5.92 Å². The van der Waals surface area contributed by atoms with Crippen LogP contribution in [0.1, 0.15) is 117 Å². The summed E-state index contributed by atoms with van der Waals surface area (Å²) in [5.74, 6) is 0.993. The molecule has 0 aliphatic heterocycles. The van der Waals surface area contributed by atoms with Gasteiger partial charge in [-0.2, -0.15) is 0 Å². The van der Waals surface area contributed by atoms with Gasteiger partial charge in [-0.05, 0) is 74.5 Å². The summed E-state index contributed by atoms with van der Waals surface area (Å²) in [5, 5.41) is 1.93. The molecule has 3 atom stereocenters. The summed E-state index contributed by atoms with van der Waals surface area (Å²) in [7, 11) is 0.469. The van der Waals surface area contributed by atoms with Crippen LogP contribution in [0.2, 0.25) is 0 Å². The maximum absolute atomic E-state index is 2.54. The molecule has 2 saturated carbocycles. The molecule has 0 saturated heterocycles. The summed E-state index contributed by atoms with van der Waals surface area (Å²) < 4.78 is 0. The lowest BCUT2D eigenvalue weighted by Gasteiger charge is -2.35. The van der Waals surface area contributed by atoms with E-state index in [0.29, 0.717) is 10.9 Å². The van der Waals surface area contributed by atoms with Crippen molar-refractivity contribution in [2.75, 3.05) is 0 Å². The smallest absolute Gasteiger partial charge is 0.0654 e. The summed E-state index contributed by atoms with van der Waals surface area (Å²) in [6.07, 6.45) is 19.1. The van der Waals surface area contributed by atoms with Gasteiger partial charge in [-0.15, -0.1) is 0 Å². The largest absolute Gasteiger partial charge is 0.155 e. The van der Waals surface area contributed by atoms with E-state index in [2.05, 4.69) is 52.0 Å². The molecule has 3 rings (SSSR count). The number of rotatable bonds is 7. The van der Waals surface area contributed by atoms with Gasteiger partial charge in [0.2, 0.25) is 0 Å². The highest BCUT2D eigenvalue weighted by atomic mass is 32.2. The minimum absolute atomic E-state index is 0.259. The van der Waals surface area contributed by atoms with Gasteiger partial charge < -0.3 is 0 Å². The monoisotopic (exact) mass is 401 g/mol. The molecule has 1 aromatic rings. The average Bonchev–Trinajstić information content (AvgIpc) is 2.70. The van der Waals surface area contributed by atoms with Crippen LogP contribution in [-0.4, -0.2) is 10.5 Å². The molecule has 1 aromatic carbocycles. The van der Waals surface area contributed by atoms with Crippen LogP contribution in [0.5, 0.6) is 0 Å². The van der Waals surface area contributed by atoms with E-state index in [1.807, 2.05) is 0 Å². The lowest BCUT2D eigenvalue weighted by Crippen LogP contribution is -2.40. The number of hydrogen-bond donors (Lipinski definition) is 0. The predicted molar refractivity (Wildman–Crippen MR) is 128 cm³/mol. The first-order valence-electron chi connectivity index (χ1n) is 12.3. The molecule has 2 aliphatic carbocycles. The van der Waals surface area contributed by atoms with Crippen molar-refractivity contribution in [2.45, 2.75) is 132 Å². The average molecular weight is 402 g/mol. The van der Waals surface area contributed by atoms with Gasteiger partial charge in [-0.3, -0.25) is 0 Å². The molecule has 0 nitrogen and oxygen atoms in total. The normalized spacial score (nSPS) is 25.6. The Labute approximate surface area is 178 Å². The van der Waals surface area contributed by atoms with Gasteiger partial charge in [-0.25, -0.2) is 0 Å². The third kappa shape index (κ3) is 5.80. The molecule has 2 aliphatic rings. The summed E-state index contributed by atoms with van der Waals surface area (Å²) in [6.45, 7) is 9.37. The van der Waals surface area contributed by atoms with E-state index in [1.165, 1.54) is 89.0 Å². The van der Waals surface area contributed by atoms with Gasteiger partial charge in [0.25, 0.3) is 0 Å². The van der Waals surface area contributed by atoms with Crippen LogP contribution in [0.15, 0.2) is 29.2 Å². The minimum atomic E-state index is 0.259. The summed E-state index contributed by atoms with van der Waals surface area (Å²) in [5.41, 5.74) is 1.75. The molecule has 158 valence electrons. The molecule has 0 spiro atoms. The first-order chi connectivity index (χ1) is 13.5. The molecule has 0 aromatic heterocycles. The second-order valence-electron chi connectivity index (χ2n) is 10.5. The van der Waals surface area contributed by atoms with Crippen LogP contribution in [-0.2, 0) is 16.3 Å². The first-order valence-corrected chi connectivity index (χ1v) is 13.7. The van der Waals surface area contributed by atoms with Crippen LogP contribution < -0.4 is 0 Å². The van der Waals surface area contributed by atoms with E-state index in [0.717, 1.165) is 16.4 Å². The lowest BCUT2D eigenvalue weighted by atomic mass is 9.85. The summed E-state index contributed by atoms with van der Waals surface area (Å²) in [6, 6.07) is 9.98. The second kappa shape index (κ2) is 10.6. The molecular weight excluding hydrogens is 356 g/mol. The SMILES string of the molecule is CCCCCC1CCCCC1[S+](c1ccc(C(C)(C)C)cc1)C1CCCCC1. The zero-order valence-corrected chi connectivity index (χ0v) is 20.0. The van der Waals surface area contributed by atoms with E-state index in [4.69, 9.17) is 0 Å². The van der Waals surface area contributed by atoms with Crippen molar-refractivity contribution < 1.29 is 0 Å². The van der Waals surface area contributed by atoms with E-state index >= 15 is 0 Å². The summed E-state index contributed by atoms with van der Waals surface area (Å²) in [4.78, 5) is 1.70. The Bertz CT molecular complexity index is 561. The molecule has 28 heavy (non-hydrogen) atoms. The van der Waals surface area contributed by atoms with Crippen molar-refractivity contribution in [1.82, 2.24) is 0 Å². The van der Waals surface area contributed by atoms with Crippen molar-refractivity contribution >= 4 is 10.9 Å². The molecular formula is C27H45S+. The van der Waals surface area contributed by atoms with Crippen molar-refractivity contribution in [3.63, 3.8) is 0 Å². The van der Waals surface area contributed by atoms with Gasteiger partial charge in [0.1, 0.15) is 10.5 Å². The number of unbranched alkanes of at least 4 members (excludes halogenated alkanes) is 2. The van der Waals surface area contributed by atoms with E-state index in [9.17, 15) is 0 Å². The zero-order valence-electron chi connectivity index (χ0n) is 19.1. The van der Waals surface area contributed by atoms with Gasteiger partial charge in [0.15, 0.2) is 4.90 Å². The van der Waals surface area contributed by atoms with Crippen molar-refractivity contribution in [3.8, 4) is 0 Å². The van der Waals surface area contributed by atoms with E-state index in [-0.39, 0.29) is 5.41 Å². The van der Waals surface area contributed by atoms with Crippen LogP contribution in [0.3, 0.4) is 0 Å². The van der Waals surface area contributed by atoms with Gasteiger partial charge in [0, 0.05) is 16.8 Å². The highest BCUT2D eigenvalue weighted by Gasteiger charge is 2.45. The highest BCUT2D eigenvalue weighted by molar-refractivity contribution is 7.98. The number of hydrogen-bond acceptors (Lipinski definition) is 0. The third-order valence-corrected chi connectivity index (χ3v) is 10.5. The Morgan fingerprint density at radius 3 is 2.11 bits per heavy atom. The molecule has 1 heteroatoms. The van der Waals surface area contributed by atoms with Crippen LogP contribution in [0.25, 0.3) is 0 Å². The molecule has 3 unspecified atom stereocenters. The molecule has 0 N–H and O–H groups in total. The molecule has 0 radical (unpaired) electrons. The molecule has 0 bridgehead atoms.